The van der Waals surface area contributed by atoms with Crippen LogP contribution in [0.4, 0.5) is 9.59 Å². The average molecular weight is 645 g/mol. The molecule has 0 aliphatic heterocycles. The summed E-state index contributed by atoms with van der Waals surface area (Å²) in [6.45, 7) is 4.47. The number of rotatable bonds is 13. The van der Waals surface area contributed by atoms with Crippen LogP contribution in [0.25, 0.3) is 22.1 Å². The van der Waals surface area contributed by atoms with Crippen molar-refractivity contribution in [1.29, 1.82) is 0 Å². The number of carbonyl (C=O) groups is 2. The van der Waals surface area contributed by atoms with Crippen molar-refractivity contribution in [2.45, 2.75) is 64.8 Å². The van der Waals surface area contributed by atoms with Gasteiger partial charge in [-0.25, -0.2) is 19.6 Å². The van der Waals surface area contributed by atoms with Gasteiger partial charge >= 0.3 is 12.2 Å². The van der Waals surface area contributed by atoms with Gasteiger partial charge in [0.1, 0.15) is 18.3 Å². The lowest BCUT2D eigenvalue weighted by molar-refractivity contribution is 0.116. The van der Waals surface area contributed by atoms with E-state index in [4.69, 9.17) is 14.7 Å². The molecule has 2 heterocycles. The fraction of sp³-hybridized carbons (Fsp3) is 0.263. The van der Waals surface area contributed by atoms with E-state index >= 15 is 0 Å². The van der Waals surface area contributed by atoms with Gasteiger partial charge in [0.2, 0.25) is 0 Å². The summed E-state index contributed by atoms with van der Waals surface area (Å²) in [6.07, 6.45) is 1.42. The summed E-state index contributed by atoms with van der Waals surface area (Å²) in [4.78, 5) is 42.6. The molecule has 0 saturated heterocycles. The molecule has 48 heavy (non-hydrogen) atoms. The van der Waals surface area contributed by atoms with Gasteiger partial charge in [-0.2, -0.15) is 0 Å². The summed E-state index contributed by atoms with van der Waals surface area (Å²) >= 11 is 0. The van der Waals surface area contributed by atoms with Crippen LogP contribution in [0.2, 0.25) is 0 Å². The third-order valence-electron chi connectivity index (χ3n) is 8.60. The van der Waals surface area contributed by atoms with Gasteiger partial charge in [-0.15, -0.1) is 0 Å². The molecule has 2 atom stereocenters. The van der Waals surface area contributed by atoms with Gasteiger partial charge in [0, 0.05) is 6.54 Å². The molecule has 0 radical (unpaired) electrons. The Balaban J connectivity index is 1.10. The van der Waals surface area contributed by atoms with Crippen molar-refractivity contribution >= 4 is 34.3 Å². The number of ether oxygens (including phenoxy) is 1. The first-order valence-electron chi connectivity index (χ1n) is 16.4. The molecule has 10 heteroatoms. The molecule has 0 fully saturated rings. The monoisotopic (exact) mass is 644 g/mol. The van der Waals surface area contributed by atoms with E-state index in [1.807, 2.05) is 86.6 Å². The Morgan fingerprint density at radius 2 is 1.40 bits per heavy atom. The van der Waals surface area contributed by atoms with E-state index in [2.05, 4.69) is 39.6 Å². The lowest BCUT2D eigenvalue weighted by atomic mass is 10.0. The molecule has 246 valence electrons. The number of H-pyrrole nitrogens is 2. The van der Waals surface area contributed by atoms with Crippen LogP contribution in [0.5, 0.6) is 0 Å². The Kier molecular flexibility index (Phi) is 9.99. The number of nitrogens with zero attached hydrogens (tertiary/aromatic N) is 3. The van der Waals surface area contributed by atoms with Crippen molar-refractivity contribution in [3.8, 4) is 0 Å². The smallest absolute Gasteiger partial charge is 0.408 e. The minimum absolute atomic E-state index is 0.207. The van der Waals surface area contributed by atoms with Gasteiger partial charge in [0.05, 0.1) is 34.2 Å². The number of carboxylic acid groups (broad SMARTS) is 1. The highest BCUT2D eigenvalue weighted by Crippen LogP contribution is 2.27. The zero-order chi connectivity index (χ0) is 33.5. The number of nitrogens with one attached hydrogen (secondary N) is 3. The summed E-state index contributed by atoms with van der Waals surface area (Å²) in [7, 11) is 0. The first kappa shape index (κ1) is 32.3. The van der Waals surface area contributed by atoms with E-state index in [1.165, 1.54) is 4.90 Å². The summed E-state index contributed by atoms with van der Waals surface area (Å²) in [5.41, 5.74) is 7.62. The zero-order valence-electron chi connectivity index (χ0n) is 27.1. The molecule has 6 rings (SSSR count). The van der Waals surface area contributed by atoms with Gasteiger partial charge in [0.15, 0.2) is 0 Å². The Labute approximate surface area is 279 Å². The van der Waals surface area contributed by atoms with Crippen LogP contribution in [0.1, 0.15) is 72.7 Å². The van der Waals surface area contributed by atoms with Crippen molar-refractivity contribution < 1.29 is 19.4 Å². The van der Waals surface area contributed by atoms with E-state index in [1.54, 1.807) is 0 Å². The van der Waals surface area contributed by atoms with Crippen molar-refractivity contribution in [2.24, 2.45) is 0 Å². The molecular formula is C38H40N6O4. The second-order valence-corrected chi connectivity index (χ2v) is 11.9. The van der Waals surface area contributed by atoms with Crippen molar-refractivity contribution in [3.05, 3.63) is 131 Å². The van der Waals surface area contributed by atoms with Crippen LogP contribution in [0, 0.1) is 0 Å². The van der Waals surface area contributed by atoms with E-state index in [0.29, 0.717) is 24.5 Å². The molecule has 2 aromatic heterocycles. The quantitative estimate of drug-likeness (QED) is 0.1000. The van der Waals surface area contributed by atoms with Crippen molar-refractivity contribution in [1.82, 2.24) is 30.2 Å². The number of alkyl carbamates (subject to hydrolysis) is 1. The topological polar surface area (TPSA) is 136 Å². The summed E-state index contributed by atoms with van der Waals surface area (Å²) in [5, 5.41) is 13.0. The van der Waals surface area contributed by atoms with E-state index < -0.39 is 18.2 Å². The van der Waals surface area contributed by atoms with Crippen LogP contribution >= 0.6 is 0 Å². The Morgan fingerprint density at radius 1 is 0.750 bits per heavy atom. The van der Waals surface area contributed by atoms with Crippen LogP contribution in [-0.4, -0.2) is 42.1 Å². The van der Waals surface area contributed by atoms with Crippen LogP contribution in [0.15, 0.2) is 97.1 Å². The normalized spacial score (nSPS) is 12.5. The molecule has 0 saturated carbocycles. The Hall–Kier alpha value is -5.64. The van der Waals surface area contributed by atoms with E-state index in [0.717, 1.165) is 57.2 Å². The number of aromatic nitrogens is 4. The number of amides is 2. The molecule has 0 unspecified atom stereocenters. The molecule has 4 aromatic carbocycles. The second-order valence-electron chi connectivity index (χ2n) is 11.9. The maximum Gasteiger partial charge on any atom is 0.408 e. The lowest BCUT2D eigenvalue weighted by Crippen LogP contribution is -2.33. The third-order valence-corrected chi connectivity index (χ3v) is 8.60. The highest BCUT2D eigenvalue weighted by Gasteiger charge is 2.26. The maximum atomic E-state index is 12.5. The molecule has 0 aliphatic rings. The molecule has 6 aromatic rings. The Morgan fingerprint density at radius 3 is 2.08 bits per heavy atom. The summed E-state index contributed by atoms with van der Waals surface area (Å²) in [6, 6.07) is 30.9. The second kappa shape index (κ2) is 14.8. The average Bonchev–Trinajstić information content (AvgIpc) is 3.73. The number of hydrogen-bond acceptors (Lipinski definition) is 5. The van der Waals surface area contributed by atoms with Crippen LogP contribution in [0.3, 0.4) is 0 Å². The highest BCUT2D eigenvalue weighted by molar-refractivity contribution is 5.77. The van der Waals surface area contributed by atoms with Crippen LogP contribution < -0.4 is 5.32 Å². The molecule has 0 spiro atoms. The predicted octanol–water partition coefficient (Wildman–Crippen LogP) is 8.23. The largest absolute Gasteiger partial charge is 0.465 e. The minimum atomic E-state index is -0.976. The van der Waals surface area contributed by atoms with E-state index in [9.17, 15) is 14.7 Å². The van der Waals surface area contributed by atoms with Crippen molar-refractivity contribution in [2.75, 3.05) is 0 Å². The molecule has 4 N–H and O–H groups in total. The lowest BCUT2D eigenvalue weighted by Gasteiger charge is -2.27. The standard InChI is InChI=1S/C38H40N6O4/c1-3-29(43-37(45)48-24-28-13-9-6-10-14-28)35-39-30-19-17-25(21-32(30)41-35)15-16-26-18-20-31-33(22-26)42-36(40-31)34(4-2)44(38(46)47)23-27-11-7-5-8-12-27/h5-14,17-22,29,34H,3-4,15-16,23-24H2,1-2H3,(H,39,41)(H,40,42)(H,43,45)(H,46,47)/t29-,34-/m0/s1. The fourth-order valence-corrected chi connectivity index (χ4v) is 5.99. The SMILES string of the molecule is CC[C@H](NC(=O)OCc1ccccc1)c1nc2ccc(CCc3ccc4[nH]c([C@H](CC)N(Cc5ccccc5)C(=O)O)nc4c3)cc2[nH]1. The molecule has 0 aliphatic carbocycles. The molecular weight excluding hydrogens is 604 g/mol. The minimum Gasteiger partial charge on any atom is -0.465 e. The maximum absolute atomic E-state index is 12.5. The fourth-order valence-electron chi connectivity index (χ4n) is 5.99. The van der Waals surface area contributed by atoms with Gasteiger partial charge in [-0.1, -0.05) is 86.6 Å². The number of fused-ring (bicyclic) bond motifs is 2. The summed E-state index contributed by atoms with van der Waals surface area (Å²) in [5.74, 6) is 1.34. The van der Waals surface area contributed by atoms with Crippen LogP contribution in [-0.2, 0) is 30.7 Å². The number of carbonyl (C=O) groups excluding carboxylic acids is 1. The number of benzene rings is 4. The predicted molar refractivity (Wildman–Crippen MR) is 185 cm³/mol. The van der Waals surface area contributed by atoms with E-state index in [-0.39, 0.29) is 19.2 Å². The van der Waals surface area contributed by atoms with Gasteiger partial charge in [0.25, 0.3) is 0 Å². The molecule has 2 amide bonds. The summed E-state index contributed by atoms with van der Waals surface area (Å²) < 4.78 is 5.41. The zero-order valence-corrected chi connectivity index (χ0v) is 27.1. The highest BCUT2D eigenvalue weighted by atomic mass is 16.5. The van der Waals surface area contributed by atoms with Gasteiger partial charge in [-0.05, 0) is 72.2 Å². The number of aromatic amines is 2. The third kappa shape index (κ3) is 7.66. The molecule has 10 nitrogen and oxygen atoms in total. The first-order valence-corrected chi connectivity index (χ1v) is 16.4. The number of aryl methyl sites for hydroxylation is 2. The first-order chi connectivity index (χ1) is 23.4. The number of imidazole rings is 2. The number of hydrogen-bond donors (Lipinski definition) is 4. The van der Waals surface area contributed by atoms with Gasteiger partial charge < -0.3 is 25.1 Å². The molecule has 0 bridgehead atoms. The van der Waals surface area contributed by atoms with Crippen molar-refractivity contribution in [3.63, 3.8) is 0 Å². The van der Waals surface area contributed by atoms with Gasteiger partial charge in [-0.3, -0.25) is 4.90 Å². The Bertz CT molecular complexity index is 1990.